The van der Waals surface area contributed by atoms with Gasteiger partial charge in [-0.15, -0.1) is 0 Å². The Morgan fingerprint density at radius 1 is 1.37 bits per heavy atom. The smallest absolute Gasteiger partial charge is 0.263 e. The van der Waals surface area contributed by atoms with E-state index in [0.29, 0.717) is 0 Å². The zero-order valence-corrected chi connectivity index (χ0v) is 10.7. The van der Waals surface area contributed by atoms with Crippen LogP contribution in [-0.4, -0.2) is 18.0 Å². The average molecular weight is 281 g/mol. The molecule has 1 aromatic heterocycles. The molecule has 4 nitrogen and oxygen atoms in total. The first-order chi connectivity index (χ1) is 9.13. The van der Waals surface area contributed by atoms with Crippen molar-refractivity contribution in [2.45, 2.75) is 0 Å². The summed E-state index contributed by atoms with van der Waals surface area (Å²) in [4.78, 5) is 15.9. The van der Waals surface area contributed by atoms with E-state index in [0.717, 1.165) is 0 Å². The SMILES string of the molecule is COc1cccc(F)c1C(=O)Nc1ncccc1Cl. The predicted octanol–water partition coefficient (Wildman–Crippen LogP) is 3.14. The van der Waals surface area contributed by atoms with E-state index in [9.17, 15) is 9.18 Å². The molecule has 0 unspecified atom stereocenters. The van der Waals surface area contributed by atoms with Crippen LogP contribution in [-0.2, 0) is 0 Å². The number of ether oxygens (including phenoxy) is 1. The zero-order valence-electron chi connectivity index (χ0n) is 9.98. The molecular weight excluding hydrogens is 271 g/mol. The molecule has 19 heavy (non-hydrogen) atoms. The normalized spacial score (nSPS) is 10.1. The molecule has 0 atom stereocenters. The third-order valence-corrected chi connectivity index (χ3v) is 2.72. The van der Waals surface area contributed by atoms with Crippen LogP contribution in [0.25, 0.3) is 0 Å². The second-order valence-electron chi connectivity index (χ2n) is 3.61. The Bertz CT molecular complexity index is 619. The highest BCUT2D eigenvalue weighted by atomic mass is 35.5. The number of nitrogens with one attached hydrogen (secondary N) is 1. The number of aromatic nitrogens is 1. The minimum absolute atomic E-state index is 0.143. The molecule has 0 spiro atoms. The van der Waals surface area contributed by atoms with Gasteiger partial charge in [0.2, 0.25) is 0 Å². The number of methoxy groups -OCH3 is 1. The molecule has 0 radical (unpaired) electrons. The number of rotatable bonds is 3. The molecule has 0 bridgehead atoms. The van der Waals surface area contributed by atoms with Gasteiger partial charge in [0.15, 0.2) is 5.82 Å². The highest BCUT2D eigenvalue weighted by Crippen LogP contribution is 2.24. The van der Waals surface area contributed by atoms with Crippen LogP contribution in [0.2, 0.25) is 5.02 Å². The number of carbonyl (C=O) groups excluding carboxylic acids is 1. The molecule has 2 aromatic rings. The van der Waals surface area contributed by atoms with E-state index in [-0.39, 0.29) is 22.2 Å². The molecule has 0 aliphatic rings. The van der Waals surface area contributed by atoms with Crippen molar-refractivity contribution >= 4 is 23.3 Å². The van der Waals surface area contributed by atoms with Crippen LogP contribution in [0, 0.1) is 5.82 Å². The highest BCUT2D eigenvalue weighted by molar-refractivity contribution is 6.33. The first-order valence-electron chi connectivity index (χ1n) is 5.38. The summed E-state index contributed by atoms with van der Waals surface area (Å²) >= 11 is 5.87. The summed E-state index contributed by atoms with van der Waals surface area (Å²) in [6, 6.07) is 7.33. The Labute approximate surface area is 114 Å². The standard InChI is InChI=1S/C13H10ClFN2O2/c1-19-10-6-2-5-9(15)11(10)13(18)17-12-8(14)4-3-7-16-12/h2-7H,1H3,(H,16,17,18). The average Bonchev–Trinajstić information content (AvgIpc) is 2.40. The highest BCUT2D eigenvalue weighted by Gasteiger charge is 2.18. The summed E-state index contributed by atoms with van der Waals surface area (Å²) in [6.45, 7) is 0. The molecule has 0 aliphatic heterocycles. The van der Waals surface area contributed by atoms with Crippen LogP contribution in [0.5, 0.6) is 5.75 Å². The van der Waals surface area contributed by atoms with Crippen LogP contribution < -0.4 is 10.1 Å². The van der Waals surface area contributed by atoms with E-state index < -0.39 is 11.7 Å². The molecule has 0 saturated carbocycles. The van der Waals surface area contributed by atoms with Gasteiger partial charge in [0, 0.05) is 6.20 Å². The van der Waals surface area contributed by atoms with Gasteiger partial charge in [0.25, 0.3) is 5.91 Å². The zero-order chi connectivity index (χ0) is 13.8. The molecule has 0 saturated heterocycles. The number of hydrogen-bond acceptors (Lipinski definition) is 3. The van der Waals surface area contributed by atoms with Gasteiger partial charge in [-0.2, -0.15) is 0 Å². The van der Waals surface area contributed by atoms with Crippen LogP contribution >= 0.6 is 11.6 Å². The summed E-state index contributed by atoms with van der Waals surface area (Å²) in [5, 5.41) is 2.71. The van der Waals surface area contributed by atoms with Crippen molar-refractivity contribution in [3.05, 3.63) is 52.9 Å². The van der Waals surface area contributed by atoms with E-state index in [2.05, 4.69) is 10.3 Å². The topological polar surface area (TPSA) is 51.2 Å². The first kappa shape index (κ1) is 13.3. The monoisotopic (exact) mass is 280 g/mol. The molecule has 0 fully saturated rings. The fourth-order valence-corrected chi connectivity index (χ4v) is 1.71. The lowest BCUT2D eigenvalue weighted by Crippen LogP contribution is -2.16. The fourth-order valence-electron chi connectivity index (χ4n) is 1.54. The van der Waals surface area contributed by atoms with Gasteiger partial charge in [-0.3, -0.25) is 4.79 Å². The van der Waals surface area contributed by atoms with Crippen LogP contribution in [0.1, 0.15) is 10.4 Å². The lowest BCUT2D eigenvalue weighted by Gasteiger charge is -2.10. The van der Waals surface area contributed by atoms with Crippen molar-refractivity contribution in [2.24, 2.45) is 0 Å². The number of anilines is 1. The van der Waals surface area contributed by atoms with Crippen LogP contribution in [0.15, 0.2) is 36.5 Å². The minimum Gasteiger partial charge on any atom is -0.496 e. The van der Waals surface area contributed by atoms with Crippen molar-refractivity contribution in [2.75, 3.05) is 12.4 Å². The quantitative estimate of drug-likeness (QED) is 0.940. The molecule has 6 heteroatoms. The second-order valence-corrected chi connectivity index (χ2v) is 4.01. The summed E-state index contributed by atoms with van der Waals surface area (Å²) in [6.07, 6.45) is 1.47. The number of hydrogen-bond donors (Lipinski definition) is 1. The lowest BCUT2D eigenvalue weighted by molar-refractivity contribution is 0.101. The summed E-state index contributed by atoms with van der Waals surface area (Å²) < 4.78 is 18.7. The van der Waals surface area contributed by atoms with Crippen LogP contribution in [0.3, 0.4) is 0 Å². The van der Waals surface area contributed by atoms with Crippen molar-refractivity contribution in [1.29, 1.82) is 0 Å². The van der Waals surface area contributed by atoms with E-state index >= 15 is 0 Å². The van der Waals surface area contributed by atoms with Gasteiger partial charge in [-0.1, -0.05) is 17.7 Å². The lowest BCUT2D eigenvalue weighted by atomic mass is 10.1. The van der Waals surface area contributed by atoms with Gasteiger partial charge < -0.3 is 10.1 Å². The number of halogens is 2. The maximum atomic E-state index is 13.7. The predicted molar refractivity (Wildman–Crippen MR) is 70.2 cm³/mol. The van der Waals surface area contributed by atoms with Crippen molar-refractivity contribution in [1.82, 2.24) is 4.98 Å². The molecule has 1 N–H and O–H groups in total. The number of carbonyl (C=O) groups is 1. The van der Waals surface area contributed by atoms with Crippen molar-refractivity contribution in [3.8, 4) is 5.75 Å². The van der Waals surface area contributed by atoms with Crippen LogP contribution in [0.4, 0.5) is 10.2 Å². The summed E-state index contributed by atoms with van der Waals surface area (Å²) in [7, 11) is 1.36. The fraction of sp³-hybridized carbons (Fsp3) is 0.0769. The number of pyridine rings is 1. The van der Waals surface area contributed by atoms with Gasteiger partial charge in [0.05, 0.1) is 12.1 Å². The third kappa shape index (κ3) is 2.82. The van der Waals surface area contributed by atoms with E-state index in [1.165, 1.54) is 31.5 Å². The van der Waals surface area contributed by atoms with Gasteiger partial charge in [-0.05, 0) is 24.3 Å². The molecule has 1 amide bonds. The second kappa shape index (κ2) is 5.67. The van der Waals surface area contributed by atoms with Crippen molar-refractivity contribution < 1.29 is 13.9 Å². The third-order valence-electron chi connectivity index (χ3n) is 2.41. The molecule has 2 rings (SSSR count). The summed E-state index contributed by atoms with van der Waals surface area (Å²) in [5.41, 5.74) is -0.188. The van der Waals surface area contributed by atoms with Gasteiger partial charge in [0.1, 0.15) is 17.1 Å². The molecule has 1 aromatic carbocycles. The van der Waals surface area contributed by atoms with Gasteiger partial charge >= 0.3 is 0 Å². The summed E-state index contributed by atoms with van der Waals surface area (Å²) in [5.74, 6) is -1.04. The van der Waals surface area contributed by atoms with E-state index in [1.54, 1.807) is 12.1 Å². The Balaban J connectivity index is 2.33. The molecule has 0 aliphatic carbocycles. The molecule has 98 valence electrons. The number of benzene rings is 1. The largest absolute Gasteiger partial charge is 0.496 e. The minimum atomic E-state index is -0.677. The molecule has 1 heterocycles. The Morgan fingerprint density at radius 3 is 2.84 bits per heavy atom. The Kier molecular flexibility index (Phi) is 3.97. The van der Waals surface area contributed by atoms with E-state index in [4.69, 9.17) is 16.3 Å². The number of amides is 1. The number of nitrogens with zero attached hydrogens (tertiary/aromatic N) is 1. The molecular formula is C13H10ClFN2O2. The first-order valence-corrected chi connectivity index (χ1v) is 5.75. The van der Waals surface area contributed by atoms with Crippen molar-refractivity contribution in [3.63, 3.8) is 0 Å². The maximum Gasteiger partial charge on any atom is 0.263 e. The maximum absolute atomic E-state index is 13.7. The van der Waals surface area contributed by atoms with E-state index in [1.807, 2.05) is 0 Å². The Hall–Kier alpha value is -2.14. The Morgan fingerprint density at radius 2 is 2.16 bits per heavy atom. The van der Waals surface area contributed by atoms with Gasteiger partial charge in [-0.25, -0.2) is 9.37 Å².